The lowest BCUT2D eigenvalue weighted by atomic mass is 9.95. The lowest BCUT2D eigenvalue weighted by Crippen LogP contribution is -2.29. The van der Waals surface area contributed by atoms with Crippen LogP contribution in [0.1, 0.15) is 44.6 Å². The molecule has 3 rings (SSSR count). The molecule has 0 fully saturated rings. The zero-order chi connectivity index (χ0) is 24.3. The van der Waals surface area contributed by atoms with E-state index in [2.05, 4.69) is 4.72 Å². The van der Waals surface area contributed by atoms with Crippen LogP contribution in [0.3, 0.4) is 0 Å². The molecule has 1 aliphatic rings. The fourth-order valence-corrected chi connectivity index (χ4v) is 5.37. The molecule has 0 unspecified atom stereocenters. The number of carbonyl (C=O) groups excluding carboxylic acids is 2. The Hall–Kier alpha value is -2.91. The van der Waals surface area contributed by atoms with Crippen LogP contribution in [-0.4, -0.2) is 46.5 Å². The van der Waals surface area contributed by atoms with Crippen molar-refractivity contribution in [3.63, 3.8) is 0 Å². The summed E-state index contributed by atoms with van der Waals surface area (Å²) in [5, 5.41) is 0. The first kappa shape index (κ1) is 24.7. The highest BCUT2D eigenvalue weighted by atomic mass is 32.2. The predicted molar refractivity (Wildman–Crippen MR) is 123 cm³/mol. The van der Waals surface area contributed by atoms with Crippen LogP contribution >= 0.6 is 0 Å². The standard InChI is InChI=1S/C24H29NO7S/c1-14-15(2)17(4)24(18(5)16(14)3)33(28,29)25-9-8-23(27)32-13-20(26)19-6-7-21-22(12-19)31-11-10-30-21/h6-7,12,25H,8-11,13H2,1-5H3. The monoisotopic (exact) mass is 475 g/mol. The first-order valence-corrected chi connectivity index (χ1v) is 12.2. The molecule has 33 heavy (non-hydrogen) atoms. The highest BCUT2D eigenvalue weighted by molar-refractivity contribution is 7.89. The normalized spacial score (nSPS) is 13.0. The van der Waals surface area contributed by atoms with E-state index in [-0.39, 0.29) is 17.9 Å². The minimum Gasteiger partial charge on any atom is -0.486 e. The van der Waals surface area contributed by atoms with E-state index < -0.39 is 28.4 Å². The van der Waals surface area contributed by atoms with E-state index in [0.717, 1.165) is 16.7 Å². The molecule has 0 atom stereocenters. The van der Waals surface area contributed by atoms with Crippen LogP contribution in [0.4, 0.5) is 0 Å². The number of ether oxygens (including phenoxy) is 3. The van der Waals surface area contributed by atoms with Gasteiger partial charge in [0.25, 0.3) is 0 Å². The predicted octanol–water partition coefficient (Wildman–Crippen LogP) is 3.09. The van der Waals surface area contributed by atoms with Gasteiger partial charge < -0.3 is 14.2 Å². The molecule has 1 N–H and O–H groups in total. The second-order valence-corrected chi connectivity index (χ2v) is 9.75. The fraction of sp³-hybridized carbons (Fsp3) is 0.417. The number of benzene rings is 2. The maximum absolute atomic E-state index is 12.9. The van der Waals surface area contributed by atoms with Crippen molar-refractivity contribution in [2.24, 2.45) is 0 Å². The van der Waals surface area contributed by atoms with Crippen LogP contribution in [0.15, 0.2) is 23.1 Å². The van der Waals surface area contributed by atoms with Crippen molar-refractivity contribution >= 4 is 21.8 Å². The Balaban J connectivity index is 1.55. The molecule has 1 heterocycles. The smallest absolute Gasteiger partial charge is 0.307 e. The van der Waals surface area contributed by atoms with Crippen LogP contribution in [0.2, 0.25) is 0 Å². The van der Waals surface area contributed by atoms with Gasteiger partial charge in [-0.25, -0.2) is 13.1 Å². The number of hydrogen-bond donors (Lipinski definition) is 1. The number of carbonyl (C=O) groups is 2. The summed E-state index contributed by atoms with van der Waals surface area (Å²) in [7, 11) is -3.81. The fourth-order valence-electron chi connectivity index (χ4n) is 3.75. The molecule has 178 valence electrons. The summed E-state index contributed by atoms with van der Waals surface area (Å²) in [6.45, 7) is 9.58. The van der Waals surface area contributed by atoms with Crippen molar-refractivity contribution in [3.05, 3.63) is 51.6 Å². The molecule has 0 aliphatic carbocycles. The van der Waals surface area contributed by atoms with E-state index in [1.165, 1.54) is 0 Å². The topological polar surface area (TPSA) is 108 Å². The molecule has 0 saturated carbocycles. The average molecular weight is 476 g/mol. The summed E-state index contributed by atoms with van der Waals surface area (Å²) in [5.41, 5.74) is 4.64. The van der Waals surface area contributed by atoms with E-state index in [9.17, 15) is 18.0 Å². The quantitative estimate of drug-likeness (QED) is 0.462. The molecule has 0 saturated heterocycles. The third kappa shape index (κ3) is 5.36. The number of sulfonamides is 1. The van der Waals surface area contributed by atoms with Crippen LogP contribution in [-0.2, 0) is 19.6 Å². The SMILES string of the molecule is Cc1c(C)c(C)c(S(=O)(=O)NCCC(=O)OCC(=O)c2ccc3c(c2)OCCO3)c(C)c1C. The Labute approximate surface area is 194 Å². The Morgan fingerprint density at radius 2 is 1.48 bits per heavy atom. The van der Waals surface area contributed by atoms with Gasteiger partial charge in [-0.3, -0.25) is 9.59 Å². The molecule has 1 aliphatic heterocycles. The zero-order valence-corrected chi connectivity index (χ0v) is 20.4. The van der Waals surface area contributed by atoms with Crippen molar-refractivity contribution < 1.29 is 32.2 Å². The maximum Gasteiger partial charge on any atom is 0.307 e. The number of ketones is 1. The number of esters is 1. The van der Waals surface area contributed by atoms with Crippen LogP contribution in [0, 0.1) is 34.6 Å². The second kappa shape index (κ2) is 9.93. The highest BCUT2D eigenvalue weighted by Gasteiger charge is 2.24. The number of Topliss-reactive ketones (excluding diaryl/α,β-unsaturated/α-hetero) is 1. The van der Waals surface area contributed by atoms with Crippen LogP contribution in [0.5, 0.6) is 11.5 Å². The number of nitrogens with one attached hydrogen (secondary N) is 1. The number of hydrogen-bond acceptors (Lipinski definition) is 7. The summed E-state index contributed by atoms with van der Waals surface area (Å²) < 4.78 is 44.2. The van der Waals surface area contributed by atoms with Crippen molar-refractivity contribution in [1.29, 1.82) is 0 Å². The molecule has 0 bridgehead atoms. The van der Waals surface area contributed by atoms with Gasteiger partial charge in [0.05, 0.1) is 11.3 Å². The summed E-state index contributed by atoms with van der Waals surface area (Å²) >= 11 is 0. The van der Waals surface area contributed by atoms with Gasteiger partial charge in [0.15, 0.2) is 23.9 Å². The van der Waals surface area contributed by atoms with Crippen molar-refractivity contribution in [2.75, 3.05) is 26.4 Å². The molecular formula is C24H29NO7S. The third-order valence-corrected chi connectivity index (χ3v) is 7.78. The van der Waals surface area contributed by atoms with Gasteiger partial charge >= 0.3 is 5.97 Å². The Morgan fingerprint density at radius 1 is 0.909 bits per heavy atom. The first-order chi connectivity index (χ1) is 15.5. The summed E-state index contributed by atoms with van der Waals surface area (Å²) in [6.07, 6.45) is -0.199. The van der Waals surface area contributed by atoms with Crippen LogP contribution < -0.4 is 14.2 Å². The summed E-state index contributed by atoms with van der Waals surface area (Å²) in [6, 6.07) is 4.76. The van der Waals surface area contributed by atoms with Gasteiger partial charge in [0.2, 0.25) is 10.0 Å². The van der Waals surface area contributed by atoms with E-state index in [1.807, 2.05) is 20.8 Å². The average Bonchev–Trinajstić information content (AvgIpc) is 2.79. The van der Waals surface area contributed by atoms with Crippen molar-refractivity contribution in [2.45, 2.75) is 45.9 Å². The number of rotatable bonds is 8. The lowest BCUT2D eigenvalue weighted by molar-refractivity contribution is -0.142. The Kier molecular flexibility index (Phi) is 7.44. The van der Waals surface area contributed by atoms with Gasteiger partial charge in [-0.15, -0.1) is 0 Å². The summed E-state index contributed by atoms with van der Waals surface area (Å²) in [4.78, 5) is 24.6. The number of fused-ring (bicyclic) bond motifs is 1. The molecule has 0 aromatic heterocycles. The third-order valence-electron chi connectivity index (χ3n) is 6.05. The Bertz CT molecular complexity index is 1170. The molecule has 0 radical (unpaired) electrons. The van der Waals surface area contributed by atoms with Gasteiger partial charge in [-0.05, 0) is 80.6 Å². The summed E-state index contributed by atoms with van der Waals surface area (Å²) in [5.74, 6) is -0.0300. The molecular weight excluding hydrogens is 446 g/mol. The lowest BCUT2D eigenvalue weighted by Gasteiger charge is -2.19. The van der Waals surface area contributed by atoms with Crippen LogP contribution in [0.25, 0.3) is 0 Å². The van der Waals surface area contributed by atoms with E-state index in [0.29, 0.717) is 41.4 Å². The Morgan fingerprint density at radius 3 is 2.12 bits per heavy atom. The largest absolute Gasteiger partial charge is 0.486 e. The minimum absolute atomic E-state index is 0.135. The maximum atomic E-state index is 12.9. The molecule has 8 nitrogen and oxygen atoms in total. The van der Waals surface area contributed by atoms with E-state index in [4.69, 9.17) is 14.2 Å². The molecule has 9 heteroatoms. The van der Waals surface area contributed by atoms with Gasteiger partial charge in [0.1, 0.15) is 13.2 Å². The highest BCUT2D eigenvalue weighted by Crippen LogP contribution is 2.31. The second-order valence-electron chi connectivity index (χ2n) is 8.04. The molecule has 0 spiro atoms. The van der Waals surface area contributed by atoms with E-state index in [1.54, 1.807) is 32.0 Å². The zero-order valence-electron chi connectivity index (χ0n) is 19.5. The van der Waals surface area contributed by atoms with Crippen molar-refractivity contribution in [1.82, 2.24) is 4.72 Å². The van der Waals surface area contributed by atoms with E-state index >= 15 is 0 Å². The molecule has 2 aromatic rings. The van der Waals surface area contributed by atoms with Gasteiger partial charge in [0, 0.05) is 12.1 Å². The molecule has 0 amide bonds. The van der Waals surface area contributed by atoms with Crippen molar-refractivity contribution in [3.8, 4) is 11.5 Å². The molecule has 2 aromatic carbocycles. The first-order valence-electron chi connectivity index (χ1n) is 10.7. The van der Waals surface area contributed by atoms with Gasteiger partial charge in [-0.2, -0.15) is 0 Å². The van der Waals surface area contributed by atoms with Gasteiger partial charge in [-0.1, -0.05) is 0 Å². The minimum atomic E-state index is -3.81.